The number of amides is 1. The highest BCUT2D eigenvalue weighted by molar-refractivity contribution is 7.80. The zero-order valence-corrected chi connectivity index (χ0v) is 17.0. The molecule has 7 heteroatoms. The van der Waals surface area contributed by atoms with Crippen molar-refractivity contribution < 1.29 is 19.0 Å². The molecule has 0 unspecified atom stereocenters. The van der Waals surface area contributed by atoms with Gasteiger partial charge in [0, 0.05) is 18.4 Å². The topological polar surface area (TPSA) is 68.8 Å². The number of anilines is 1. The fourth-order valence-electron chi connectivity index (χ4n) is 2.35. The molecule has 2 N–H and O–H groups in total. The lowest BCUT2D eigenvalue weighted by molar-refractivity contribution is 0.0973. The molecule has 0 heterocycles. The maximum atomic E-state index is 12.5. The summed E-state index contributed by atoms with van der Waals surface area (Å²) in [6.45, 7) is 6.15. The maximum Gasteiger partial charge on any atom is 0.261 e. The monoisotopic (exact) mass is 402 g/mol. The summed E-state index contributed by atoms with van der Waals surface area (Å²) in [6, 6.07) is 14.4. The predicted octanol–water partition coefficient (Wildman–Crippen LogP) is 4.02. The number of hydrogen-bond donors (Lipinski definition) is 2. The van der Waals surface area contributed by atoms with E-state index in [2.05, 4.69) is 10.6 Å². The fraction of sp³-hybridized carbons (Fsp3) is 0.333. The molecule has 0 radical (unpaired) electrons. The van der Waals surface area contributed by atoms with E-state index in [-0.39, 0.29) is 11.0 Å². The smallest absolute Gasteiger partial charge is 0.261 e. The Bertz CT molecular complexity index is 783. The molecule has 0 aliphatic rings. The van der Waals surface area contributed by atoms with E-state index in [1.54, 1.807) is 18.2 Å². The lowest BCUT2D eigenvalue weighted by Crippen LogP contribution is -2.34. The van der Waals surface area contributed by atoms with Crippen LogP contribution < -0.4 is 20.1 Å². The Labute approximate surface area is 171 Å². The highest BCUT2D eigenvalue weighted by Crippen LogP contribution is 2.19. The molecule has 1 amide bonds. The Morgan fingerprint density at radius 2 is 1.82 bits per heavy atom. The van der Waals surface area contributed by atoms with E-state index in [4.69, 9.17) is 26.4 Å². The second-order valence-corrected chi connectivity index (χ2v) is 6.23. The van der Waals surface area contributed by atoms with Crippen LogP contribution in [0, 0.1) is 0 Å². The minimum Gasteiger partial charge on any atom is -0.493 e. The molecule has 2 rings (SSSR count). The van der Waals surface area contributed by atoms with Gasteiger partial charge in [-0.15, -0.1) is 0 Å². The lowest BCUT2D eigenvalue weighted by Gasteiger charge is -2.13. The molecule has 2 aromatic rings. The van der Waals surface area contributed by atoms with Gasteiger partial charge < -0.3 is 19.5 Å². The summed E-state index contributed by atoms with van der Waals surface area (Å²) < 4.78 is 16.5. The van der Waals surface area contributed by atoms with Gasteiger partial charge in [0.25, 0.3) is 5.91 Å². The molecule has 0 saturated heterocycles. The predicted molar refractivity (Wildman–Crippen MR) is 114 cm³/mol. The summed E-state index contributed by atoms with van der Waals surface area (Å²) in [5.41, 5.74) is 1.16. The van der Waals surface area contributed by atoms with Gasteiger partial charge in [-0.2, -0.15) is 0 Å². The molecule has 0 fully saturated rings. The molecule has 0 atom stereocenters. The van der Waals surface area contributed by atoms with Gasteiger partial charge in [0.1, 0.15) is 18.1 Å². The van der Waals surface area contributed by atoms with Crippen molar-refractivity contribution in [2.24, 2.45) is 0 Å². The Hall–Kier alpha value is -2.64. The van der Waals surface area contributed by atoms with E-state index in [0.29, 0.717) is 43.5 Å². The van der Waals surface area contributed by atoms with Crippen LogP contribution in [0.4, 0.5) is 5.69 Å². The molecule has 0 saturated carbocycles. The number of hydrogen-bond acceptors (Lipinski definition) is 5. The average molecular weight is 403 g/mol. The van der Waals surface area contributed by atoms with Crippen molar-refractivity contribution in [3.63, 3.8) is 0 Å². The molecular weight excluding hydrogens is 376 g/mol. The largest absolute Gasteiger partial charge is 0.493 e. The SMILES string of the molecule is CCCOc1ccccc1C(=O)NC(=S)Nc1cccc(OCCOCC)c1. The molecule has 0 aliphatic carbocycles. The summed E-state index contributed by atoms with van der Waals surface area (Å²) in [5.74, 6) is 0.903. The van der Waals surface area contributed by atoms with Crippen molar-refractivity contribution in [2.75, 3.05) is 31.7 Å². The van der Waals surface area contributed by atoms with E-state index >= 15 is 0 Å². The minimum atomic E-state index is -0.326. The molecular formula is C21H26N2O4S. The lowest BCUT2D eigenvalue weighted by atomic mass is 10.2. The van der Waals surface area contributed by atoms with Crippen molar-refractivity contribution in [3.05, 3.63) is 54.1 Å². The van der Waals surface area contributed by atoms with Gasteiger partial charge in [-0.25, -0.2) is 0 Å². The average Bonchev–Trinajstić information content (AvgIpc) is 2.70. The van der Waals surface area contributed by atoms with E-state index in [1.807, 2.05) is 44.2 Å². The standard InChI is InChI=1S/C21H26N2O4S/c1-3-12-27-19-11-6-5-10-18(19)20(24)23-21(28)22-16-8-7-9-17(15-16)26-14-13-25-4-2/h5-11,15H,3-4,12-14H2,1-2H3,(H2,22,23,24,28). The Kier molecular flexibility index (Phi) is 9.24. The molecule has 150 valence electrons. The zero-order valence-electron chi connectivity index (χ0n) is 16.2. The zero-order chi connectivity index (χ0) is 20.2. The van der Waals surface area contributed by atoms with Gasteiger partial charge in [-0.1, -0.05) is 25.1 Å². The quantitative estimate of drug-likeness (QED) is 0.462. The normalized spacial score (nSPS) is 10.2. The van der Waals surface area contributed by atoms with Gasteiger partial charge >= 0.3 is 0 Å². The van der Waals surface area contributed by atoms with Crippen LogP contribution in [-0.2, 0) is 4.74 Å². The first-order valence-electron chi connectivity index (χ1n) is 9.28. The summed E-state index contributed by atoms with van der Waals surface area (Å²) in [6.07, 6.45) is 0.860. The van der Waals surface area contributed by atoms with Crippen molar-refractivity contribution in [1.82, 2.24) is 5.32 Å². The van der Waals surface area contributed by atoms with Crippen molar-refractivity contribution >= 4 is 28.9 Å². The van der Waals surface area contributed by atoms with Crippen LogP contribution in [-0.4, -0.2) is 37.4 Å². The summed E-state index contributed by atoms with van der Waals surface area (Å²) in [5, 5.41) is 5.87. The van der Waals surface area contributed by atoms with Crippen LogP contribution >= 0.6 is 12.2 Å². The van der Waals surface area contributed by atoms with E-state index in [9.17, 15) is 4.79 Å². The Morgan fingerprint density at radius 1 is 1.00 bits per heavy atom. The number of ether oxygens (including phenoxy) is 3. The van der Waals surface area contributed by atoms with E-state index in [1.165, 1.54) is 0 Å². The fourth-order valence-corrected chi connectivity index (χ4v) is 2.56. The highest BCUT2D eigenvalue weighted by atomic mass is 32.1. The summed E-state index contributed by atoms with van der Waals surface area (Å²) in [4.78, 5) is 12.5. The summed E-state index contributed by atoms with van der Waals surface area (Å²) >= 11 is 5.26. The van der Waals surface area contributed by atoms with Crippen molar-refractivity contribution in [1.29, 1.82) is 0 Å². The van der Waals surface area contributed by atoms with Gasteiger partial charge in [0.05, 0.1) is 18.8 Å². The third-order valence-electron chi connectivity index (χ3n) is 3.61. The van der Waals surface area contributed by atoms with Crippen LogP contribution in [0.5, 0.6) is 11.5 Å². The molecule has 0 bridgehead atoms. The molecule has 0 spiro atoms. The van der Waals surface area contributed by atoms with E-state index < -0.39 is 0 Å². The van der Waals surface area contributed by atoms with Gasteiger partial charge in [-0.05, 0) is 49.8 Å². The molecule has 2 aromatic carbocycles. The number of benzene rings is 2. The first kappa shape index (κ1) is 21.7. The van der Waals surface area contributed by atoms with Crippen LogP contribution in [0.15, 0.2) is 48.5 Å². The van der Waals surface area contributed by atoms with Crippen LogP contribution in [0.1, 0.15) is 30.6 Å². The van der Waals surface area contributed by atoms with Crippen LogP contribution in [0.25, 0.3) is 0 Å². The summed E-state index contributed by atoms with van der Waals surface area (Å²) in [7, 11) is 0. The second kappa shape index (κ2) is 11.9. The third-order valence-corrected chi connectivity index (χ3v) is 3.82. The van der Waals surface area contributed by atoms with Crippen LogP contribution in [0.2, 0.25) is 0 Å². The minimum absolute atomic E-state index is 0.196. The highest BCUT2D eigenvalue weighted by Gasteiger charge is 2.13. The number of rotatable bonds is 10. The van der Waals surface area contributed by atoms with Gasteiger partial charge in [0.2, 0.25) is 0 Å². The molecule has 0 aliphatic heterocycles. The third kappa shape index (κ3) is 7.17. The second-order valence-electron chi connectivity index (χ2n) is 5.83. The number of para-hydroxylation sites is 1. The van der Waals surface area contributed by atoms with Gasteiger partial charge in [-0.3, -0.25) is 10.1 Å². The number of carbonyl (C=O) groups is 1. The first-order valence-corrected chi connectivity index (χ1v) is 9.69. The Balaban J connectivity index is 1.92. The molecule has 6 nitrogen and oxygen atoms in total. The van der Waals surface area contributed by atoms with Crippen molar-refractivity contribution in [3.8, 4) is 11.5 Å². The first-order chi connectivity index (χ1) is 13.6. The maximum absolute atomic E-state index is 12.5. The number of carbonyl (C=O) groups excluding carboxylic acids is 1. The molecule has 0 aromatic heterocycles. The van der Waals surface area contributed by atoms with Gasteiger partial charge in [0.15, 0.2) is 5.11 Å². The Morgan fingerprint density at radius 3 is 2.61 bits per heavy atom. The molecule has 28 heavy (non-hydrogen) atoms. The number of nitrogens with one attached hydrogen (secondary N) is 2. The van der Waals surface area contributed by atoms with E-state index in [0.717, 1.165) is 12.1 Å². The van der Waals surface area contributed by atoms with Crippen molar-refractivity contribution in [2.45, 2.75) is 20.3 Å². The number of thiocarbonyl (C=S) groups is 1. The van der Waals surface area contributed by atoms with Crippen LogP contribution in [0.3, 0.4) is 0 Å².